The second kappa shape index (κ2) is 14.7. The van der Waals surface area contributed by atoms with Gasteiger partial charge in [0.15, 0.2) is 11.6 Å². The number of pyridine rings is 2. The van der Waals surface area contributed by atoms with Gasteiger partial charge < -0.3 is 25.6 Å². The van der Waals surface area contributed by atoms with Gasteiger partial charge in [0.05, 0.1) is 28.5 Å². The number of carbonyl (C=O) groups is 2. The molecule has 1 unspecified atom stereocenters. The zero-order valence-corrected chi connectivity index (χ0v) is 30.1. The normalized spacial score (nSPS) is 18.2. The number of aromatic nitrogens is 2. The van der Waals surface area contributed by atoms with Gasteiger partial charge in [-0.1, -0.05) is 47.5 Å². The maximum Gasteiger partial charge on any atom is 0.220 e. The van der Waals surface area contributed by atoms with Crippen LogP contribution in [-0.4, -0.2) is 77.5 Å². The minimum absolute atomic E-state index is 0.0848. The van der Waals surface area contributed by atoms with Crippen LogP contribution in [0.25, 0.3) is 22.4 Å². The fourth-order valence-corrected chi connectivity index (χ4v) is 8.07. The third-order valence-corrected chi connectivity index (χ3v) is 10.9. The first-order valence-corrected chi connectivity index (χ1v) is 17.9. The van der Waals surface area contributed by atoms with Crippen molar-refractivity contribution in [1.29, 1.82) is 0 Å². The summed E-state index contributed by atoms with van der Waals surface area (Å²) in [5.41, 5.74) is 4.77. The number of rotatable bonds is 11. The van der Waals surface area contributed by atoms with Crippen molar-refractivity contribution in [3.63, 3.8) is 0 Å². The number of likely N-dealkylation sites (tertiary alicyclic amines) is 2. The van der Waals surface area contributed by atoms with Crippen molar-refractivity contribution in [3.8, 4) is 28.1 Å². The van der Waals surface area contributed by atoms with Gasteiger partial charge in [0.25, 0.3) is 0 Å². The average Bonchev–Trinajstić information content (AvgIpc) is 3.74. The first-order chi connectivity index (χ1) is 24.6. The van der Waals surface area contributed by atoms with E-state index in [0.29, 0.717) is 69.9 Å². The molecule has 2 aromatic heterocycles. The summed E-state index contributed by atoms with van der Waals surface area (Å²) < 4.78 is 21.5. The average molecular weight is 733 g/mol. The molecule has 3 aliphatic heterocycles. The highest BCUT2D eigenvalue weighted by Gasteiger charge is 2.48. The van der Waals surface area contributed by atoms with E-state index in [4.69, 9.17) is 27.9 Å². The maximum atomic E-state index is 15.8. The van der Waals surface area contributed by atoms with Crippen molar-refractivity contribution in [1.82, 2.24) is 30.4 Å². The molecule has 13 heteroatoms. The summed E-state index contributed by atoms with van der Waals surface area (Å²) in [5.74, 6) is 0.544. The molecule has 2 amide bonds. The van der Waals surface area contributed by atoms with E-state index in [1.54, 1.807) is 44.6 Å². The van der Waals surface area contributed by atoms with Crippen LogP contribution in [0.2, 0.25) is 10.0 Å². The molecule has 1 spiro atoms. The number of nitrogens with one attached hydrogen (secondary N) is 3. The Balaban J connectivity index is 1.05. The first kappa shape index (κ1) is 35.1. The molecule has 1 atom stereocenters. The van der Waals surface area contributed by atoms with E-state index in [-0.39, 0.29) is 29.1 Å². The molecule has 5 heterocycles. The molecule has 10 nitrogen and oxygen atoms in total. The zero-order chi connectivity index (χ0) is 35.7. The van der Waals surface area contributed by atoms with Gasteiger partial charge in [-0.3, -0.25) is 19.5 Å². The molecule has 3 aliphatic rings. The first-order valence-electron chi connectivity index (χ1n) is 17.1. The van der Waals surface area contributed by atoms with Crippen molar-refractivity contribution in [3.05, 3.63) is 87.9 Å². The number of nitrogens with zero attached hydrogens (tertiary/aromatic N) is 4. The molecule has 3 saturated heterocycles. The predicted molar refractivity (Wildman–Crippen MR) is 197 cm³/mol. The van der Waals surface area contributed by atoms with Gasteiger partial charge >= 0.3 is 0 Å². The molecular weight excluding hydrogens is 692 g/mol. The van der Waals surface area contributed by atoms with E-state index in [9.17, 15) is 9.59 Å². The number of carbonyl (C=O) groups excluding carboxylic acids is 2. The minimum Gasteiger partial charge on any atom is -0.496 e. The van der Waals surface area contributed by atoms with Crippen molar-refractivity contribution >= 4 is 46.5 Å². The zero-order valence-electron chi connectivity index (χ0n) is 28.6. The summed E-state index contributed by atoms with van der Waals surface area (Å²) in [7, 11) is 1.62. The van der Waals surface area contributed by atoms with E-state index in [1.165, 1.54) is 0 Å². The number of halogens is 3. The predicted octanol–water partition coefficient (Wildman–Crippen LogP) is 6.43. The van der Waals surface area contributed by atoms with Crippen LogP contribution in [0, 0.1) is 11.2 Å². The van der Waals surface area contributed by atoms with Crippen LogP contribution >= 0.6 is 23.2 Å². The Labute approximate surface area is 306 Å². The van der Waals surface area contributed by atoms with Gasteiger partial charge in [0, 0.05) is 111 Å². The Morgan fingerprint density at radius 3 is 2.61 bits per heavy atom. The molecular formula is C38H40Cl2FN7O3. The highest BCUT2D eigenvalue weighted by atomic mass is 35.5. The largest absolute Gasteiger partial charge is 0.496 e. The number of anilines is 2. The molecule has 3 N–H and O–H groups in total. The quantitative estimate of drug-likeness (QED) is 0.162. The number of benzene rings is 2. The molecule has 2 aromatic carbocycles. The number of hydrogen-bond acceptors (Lipinski definition) is 8. The molecule has 0 saturated carbocycles. The number of hydrogen-bond donors (Lipinski definition) is 3. The van der Waals surface area contributed by atoms with E-state index in [1.807, 2.05) is 35.2 Å². The van der Waals surface area contributed by atoms with Gasteiger partial charge in [-0.05, 0) is 37.1 Å². The Morgan fingerprint density at radius 1 is 1.06 bits per heavy atom. The van der Waals surface area contributed by atoms with E-state index in [2.05, 4.69) is 30.8 Å². The smallest absolute Gasteiger partial charge is 0.220 e. The third-order valence-electron chi connectivity index (χ3n) is 10.1. The lowest BCUT2D eigenvalue weighted by Crippen LogP contribution is -2.57. The van der Waals surface area contributed by atoms with Crippen LogP contribution < -0.4 is 20.7 Å². The van der Waals surface area contributed by atoms with Crippen molar-refractivity contribution < 1.29 is 18.7 Å². The second-order valence-corrected chi connectivity index (χ2v) is 14.5. The summed E-state index contributed by atoms with van der Waals surface area (Å²) in [4.78, 5) is 36.3. The molecule has 266 valence electrons. The van der Waals surface area contributed by atoms with Crippen molar-refractivity contribution in [2.75, 3.05) is 45.2 Å². The SMILES string of the molecule is COc1cc(-c2nccc(-c3cccc(Nc4nccc(CN5CC6(CCN(C(C)=O)C6)C5)c4F)c3Cl)c2Cl)ccc1CNCC1CCC(=O)N1. The maximum absolute atomic E-state index is 15.8. The summed E-state index contributed by atoms with van der Waals surface area (Å²) in [6, 6.07) is 14.9. The van der Waals surface area contributed by atoms with Crippen LogP contribution in [0.1, 0.15) is 37.3 Å². The standard InChI is InChI=1S/C38H40Cl2FN7O3/c1-23(49)48-15-12-38(22-48)20-47(21-38)19-26-10-13-44-37(35(26)41)46-30-5-3-4-28(33(30)39)29-11-14-43-36(34(29)40)24-6-7-25(31(16-24)51-2)17-42-18-27-8-9-32(50)45-27/h3-7,10-11,13-14,16,27,42H,8-9,12,15,17-22H2,1-2H3,(H,44,46)(H,45,50). The number of ether oxygens (including phenoxy) is 1. The molecule has 3 fully saturated rings. The lowest BCUT2D eigenvalue weighted by atomic mass is 9.79. The molecule has 0 bridgehead atoms. The topological polar surface area (TPSA) is 112 Å². The highest BCUT2D eigenvalue weighted by molar-refractivity contribution is 6.39. The van der Waals surface area contributed by atoms with E-state index < -0.39 is 5.82 Å². The summed E-state index contributed by atoms with van der Waals surface area (Å²) in [6.45, 7) is 6.54. The second-order valence-electron chi connectivity index (χ2n) is 13.7. The van der Waals surface area contributed by atoms with Crippen molar-refractivity contribution in [2.24, 2.45) is 5.41 Å². The monoisotopic (exact) mass is 731 g/mol. The van der Waals surface area contributed by atoms with Gasteiger partial charge in [-0.15, -0.1) is 0 Å². The third kappa shape index (κ3) is 7.39. The lowest BCUT2D eigenvalue weighted by Gasteiger charge is -2.48. The fraction of sp³-hybridized carbons (Fsp3) is 0.368. The van der Waals surface area contributed by atoms with Gasteiger partial charge in [-0.25, -0.2) is 9.37 Å². The van der Waals surface area contributed by atoms with E-state index in [0.717, 1.165) is 50.1 Å². The summed E-state index contributed by atoms with van der Waals surface area (Å²) >= 11 is 14.0. The molecule has 7 rings (SSSR count). The molecule has 0 aliphatic carbocycles. The Kier molecular flexibility index (Phi) is 10.2. The number of amides is 2. The Bertz CT molecular complexity index is 1970. The van der Waals surface area contributed by atoms with Crippen LogP contribution in [0.4, 0.5) is 15.9 Å². The Morgan fingerprint density at radius 2 is 1.86 bits per heavy atom. The van der Waals surface area contributed by atoms with E-state index >= 15 is 4.39 Å². The fourth-order valence-electron chi connectivity index (χ4n) is 7.48. The summed E-state index contributed by atoms with van der Waals surface area (Å²) in [5, 5.41) is 10.3. The molecule has 0 radical (unpaired) electrons. The molecule has 51 heavy (non-hydrogen) atoms. The van der Waals surface area contributed by atoms with Gasteiger partial charge in [0.2, 0.25) is 11.8 Å². The van der Waals surface area contributed by atoms with Crippen LogP contribution in [0.3, 0.4) is 0 Å². The number of methoxy groups -OCH3 is 1. The van der Waals surface area contributed by atoms with Crippen LogP contribution in [0.15, 0.2) is 60.9 Å². The van der Waals surface area contributed by atoms with Crippen molar-refractivity contribution in [2.45, 2.75) is 45.3 Å². The van der Waals surface area contributed by atoms with Gasteiger partial charge in [0.1, 0.15) is 5.75 Å². The van der Waals surface area contributed by atoms with Crippen LogP contribution in [-0.2, 0) is 22.7 Å². The summed E-state index contributed by atoms with van der Waals surface area (Å²) in [6.07, 6.45) is 5.65. The van der Waals surface area contributed by atoms with Crippen LogP contribution in [0.5, 0.6) is 5.75 Å². The lowest BCUT2D eigenvalue weighted by molar-refractivity contribution is -0.129. The van der Waals surface area contributed by atoms with Gasteiger partial charge in [-0.2, -0.15) is 0 Å². The Hall–Kier alpha value is -4.29. The molecule has 4 aromatic rings. The minimum atomic E-state index is -0.432. The highest BCUT2D eigenvalue weighted by Crippen LogP contribution is 2.43.